The molecule has 0 atom stereocenters. The van der Waals surface area contributed by atoms with Crippen LogP contribution >= 0.6 is 15.9 Å². The number of sulfonamides is 1. The van der Waals surface area contributed by atoms with Crippen molar-refractivity contribution >= 4 is 26.0 Å². The molecule has 4 nitrogen and oxygen atoms in total. The molecule has 0 amide bonds. The van der Waals surface area contributed by atoms with E-state index in [1.165, 1.54) is 6.07 Å². The average Bonchev–Trinajstić information content (AvgIpc) is 3.28. The van der Waals surface area contributed by atoms with Gasteiger partial charge in [-0.2, -0.15) is 0 Å². The van der Waals surface area contributed by atoms with E-state index in [9.17, 15) is 12.8 Å². The van der Waals surface area contributed by atoms with Crippen molar-refractivity contribution in [2.75, 3.05) is 0 Å². The molecule has 0 aromatic heterocycles. The molecule has 1 aromatic rings. The molecule has 0 radical (unpaired) electrons. The van der Waals surface area contributed by atoms with Crippen LogP contribution in [0.15, 0.2) is 21.5 Å². The van der Waals surface area contributed by atoms with Gasteiger partial charge in [0.05, 0.1) is 0 Å². The van der Waals surface area contributed by atoms with E-state index in [-0.39, 0.29) is 4.90 Å². The highest BCUT2D eigenvalue weighted by Crippen LogP contribution is 2.36. The van der Waals surface area contributed by atoms with Crippen molar-refractivity contribution in [1.29, 1.82) is 0 Å². The minimum absolute atomic E-state index is 0.280. The Balaban J connectivity index is 1.89. The maximum atomic E-state index is 14.5. The fourth-order valence-electron chi connectivity index (χ4n) is 2.15. The third-order valence-corrected chi connectivity index (χ3v) is 6.00. The zero-order chi connectivity index (χ0) is 15.3. The molecule has 1 aromatic carbocycles. The van der Waals surface area contributed by atoms with E-state index in [0.717, 1.165) is 25.7 Å². The van der Waals surface area contributed by atoms with Crippen LogP contribution in [0, 0.1) is 5.82 Å². The quantitative estimate of drug-likeness (QED) is 0.802. The van der Waals surface area contributed by atoms with Gasteiger partial charge in [-0.1, -0.05) is 15.9 Å². The second-order valence-corrected chi connectivity index (χ2v) is 8.76. The van der Waals surface area contributed by atoms with E-state index >= 15 is 0 Å². The molecule has 2 aliphatic rings. The summed E-state index contributed by atoms with van der Waals surface area (Å²) < 4.78 is 42.4. The lowest BCUT2D eigenvalue weighted by molar-refractivity contribution is 0.530. The Morgan fingerprint density at radius 3 is 2.62 bits per heavy atom. The predicted molar refractivity (Wildman–Crippen MR) is 81.9 cm³/mol. The third-order valence-electron chi connectivity index (χ3n) is 3.91. The fourth-order valence-corrected chi connectivity index (χ4v) is 4.42. The van der Waals surface area contributed by atoms with Crippen molar-refractivity contribution in [3.63, 3.8) is 0 Å². The first-order chi connectivity index (χ1) is 9.79. The van der Waals surface area contributed by atoms with Crippen LogP contribution in [0.1, 0.15) is 38.2 Å². The Morgan fingerprint density at radius 2 is 2.05 bits per heavy atom. The normalized spacial score (nSPS) is 20.5. The lowest BCUT2D eigenvalue weighted by atomic mass is 10.2. The van der Waals surface area contributed by atoms with E-state index in [0.29, 0.717) is 22.6 Å². The monoisotopic (exact) mass is 376 g/mol. The number of hydrogen-bond acceptors (Lipinski definition) is 3. The second-order valence-electron chi connectivity index (χ2n) is 6.20. The molecule has 0 aliphatic heterocycles. The Kier molecular flexibility index (Phi) is 3.88. The minimum Gasteiger partial charge on any atom is -0.310 e. The fraction of sp³-hybridized carbons (Fsp3) is 0.571. The topological polar surface area (TPSA) is 58.2 Å². The highest BCUT2D eigenvalue weighted by atomic mass is 79.9. The van der Waals surface area contributed by atoms with E-state index in [2.05, 4.69) is 26.0 Å². The van der Waals surface area contributed by atoms with Crippen molar-refractivity contribution in [3.05, 3.63) is 28.0 Å². The first-order valence-electron chi connectivity index (χ1n) is 7.04. The molecule has 0 heterocycles. The molecule has 7 heteroatoms. The van der Waals surface area contributed by atoms with Crippen molar-refractivity contribution in [1.82, 2.24) is 10.0 Å². The second kappa shape index (κ2) is 5.30. The lowest BCUT2D eigenvalue weighted by Gasteiger charge is -2.15. The van der Waals surface area contributed by atoms with Gasteiger partial charge < -0.3 is 5.32 Å². The smallest absolute Gasteiger partial charge is 0.244 e. The number of benzene rings is 1. The minimum atomic E-state index is -3.84. The molecule has 0 unspecified atom stereocenters. The van der Waals surface area contributed by atoms with Gasteiger partial charge in [-0.3, -0.25) is 0 Å². The van der Waals surface area contributed by atoms with Gasteiger partial charge in [-0.05, 0) is 44.7 Å². The van der Waals surface area contributed by atoms with E-state index in [4.69, 9.17) is 0 Å². The first kappa shape index (κ1) is 15.4. The van der Waals surface area contributed by atoms with Crippen LogP contribution in [0.4, 0.5) is 4.39 Å². The Morgan fingerprint density at radius 1 is 1.38 bits per heavy atom. The van der Waals surface area contributed by atoms with Crippen molar-refractivity contribution in [2.24, 2.45) is 0 Å². The van der Waals surface area contributed by atoms with Crippen LogP contribution < -0.4 is 10.0 Å². The van der Waals surface area contributed by atoms with Crippen molar-refractivity contribution in [2.45, 2.75) is 55.6 Å². The number of halogens is 2. The molecule has 0 bridgehead atoms. The van der Waals surface area contributed by atoms with Gasteiger partial charge in [0.2, 0.25) is 10.0 Å². The van der Waals surface area contributed by atoms with Crippen LogP contribution in [-0.2, 0) is 16.6 Å². The Labute approximate surface area is 132 Å². The number of hydrogen-bond donors (Lipinski definition) is 2. The summed E-state index contributed by atoms with van der Waals surface area (Å²) >= 11 is 3.27. The van der Waals surface area contributed by atoms with Crippen molar-refractivity contribution < 1.29 is 12.8 Å². The Hall–Kier alpha value is -0.500. The van der Waals surface area contributed by atoms with Gasteiger partial charge in [0.15, 0.2) is 0 Å². The number of rotatable bonds is 6. The summed E-state index contributed by atoms with van der Waals surface area (Å²) in [5, 5.41) is 3.20. The van der Waals surface area contributed by atoms with Gasteiger partial charge in [0.1, 0.15) is 10.7 Å². The standard InChI is InChI=1S/C14H18BrFN2O2S/c1-14(4-5-14)18-21(19,20)12-7-10(15)6-9(13(12)16)8-17-11-2-3-11/h6-7,11,17-18H,2-5,8H2,1H3. The van der Waals surface area contributed by atoms with Gasteiger partial charge in [0.25, 0.3) is 0 Å². The summed E-state index contributed by atoms with van der Waals surface area (Å²) in [4.78, 5) is -0.280. The van der Waals surface area contributed by atoms with Gasteiger partial charge in [0, 0.05) is 28.2 Å². The van der Waals surface area contributed by atoms with Crippen LogP contribution in [0.25, 0.3) is 0 Å². The largest absolute Gasteiger partial charge is 0.310 e. The predicted octanol–water partition coefficient (Wildman–Crippen LogP) is 2.67. The molecule has 2 N–H and O–H groups in total. The summed E-state index contributed by atoms with van der Waals surface area (Å²) in [7, 11) is -3.84. The summed E-state index contributed by atoms with van der Waals surface area (Å²) in [6, 6.07) is 3.39. The molecule has 21 heavy (non-hydrogen) atoms. The van der Waals surface area contributed by atoms with Crippen LogP contribution in [0.2, 0.25) is 0 Å². The lowest BCUT2D eigenvalue weighted by Crippen LogP contribution is -2.35. The van der Waals surface area contributed by atoms with Gasteiger partial charge in [-0.25, -0.2) is 17.5 Å². The van der Waals surface area contributed by atoms with Crippen LogP contribution in [0.3, 0.4) is 0 Å². The van der Waals surface area contributed by atoms with Crippen LogP contribution in [-0.4, -0.2) is 20.0 Å². The number of nitrogens with one attached hydrogen (secondary N) is 2. The zero-order valence-electron chi connectivity index (χ0n) is 11.7. The maximum absolute atomic E-state index is 14.5. The van der Waals surface area contributed by atoms with E-state index in [1.54, 1.807) is 6.07 Å². The molecule has 2 saturated carbocycles. The highest BCUT2D eigenvalue weighted by molar-refractivity contribution is 9.10. The molecule has 116 valence electrons. The zero-order valence-corrected chi connectivity index (χ0v) is 14.2. The molecule has 0 spiro atoms. The highest BCUT2D eigenvalue weighted by Gasteiger charge is 2.42. The van der Waals surface area contributed by atoms with E-state index < -0.39 is 21.4 Å². The van der Waals surface area contributed by atoms with Crippen molar-refractivity contribution in [3.8, 4) is 0 Å². The summed E-state index contributed by atoms with van der Waals surface area (Å²) in [5.41, 5.74) is -0.0439. The molecular formula is C14H18BrFN2O2S. The van der Waals surface area contributed by atoms with Gasteiger partial charge in [-0.15, -0.1) is 0 Å². The molecular weight excluding hydrogens is 359 g/mol. The maximum Gasteiger partial charge on any atom is 0.244 e. The first-order valence-corrected chi connectivity index (χ1v) is 9.32. The summed E-state index contributed by atoms with van der Waals surface area (Å²) in [6.07, 6.45) is 3.78. The SMILES string of the molecule is CC1(NS(=O)(=O)c2cc(Br)cc(CNC3CC3)c2F)CC1. The molecule has 2 fully saturated rings. The third kappa shape index (κ3) is 3.64. The summed E-state index contributed by atoms with van der Waals surface area (Å²) in [5.74, 6) is -0.664. The molecule has 3 rings (SSSR count). The van der Waals surface area contributed by atoms with Crippen LogP contribution in [0.5, 0.6) is 0 Å². The molecule has 2 aliphatic carbocycles. The van der Waals surface area contributed by atoms with E-state index in [1.807, 2.05) is 6.92 Å². The summed E-state index contributed by atoms with van der Waals surface area (Å²) in [6.45, 7) is 2.17. The Bertz CT molecular complexity index is 670. The van der Waals surface area contributed by atoms with Gasteiger partial charge >= 0.3 is 0 Å². The average molecular weight is 377 g/mol. The molecule has 0 saturated heterocycles.